The maximum absolute atomic E-state index is 13.0. The summed E-state index contributed by atoms with van der Waals surface area (Å²) in [6.45, 7) is -0.150. The largest absolute Gasteiger partial charge is 0.497 e. The summed E-state index contributed by atoms with van der Waals surface area (Å²) < 4.78 is 49.1. The summed E-state index contributed by atoms with van der Waals surface area (Å²) in [4.78, 5) is -0.000719. The summed E-state index contributed by atoms with van der Waals surface area (Å²) >= 11 is 0. The number of halogens is 1. The fourth-order valence-corrected chi connectivity index (χ4v) is 3.92. The molecule has 0 heterocycles. The van der Waals surface area contributed by atoms with Gasteiger partial charge < -0.3 is 15.2 Å². The number of ether oxygens (including phenoxy) is 2. The van der Waals surface area contributed by atoms with Gasteiger partial charge in [-0.2, -0.15) is 0 Å². The first-order valence-corrected chi connectivity index (χ1v) is 8.40. The molecule has 0 fully saturated rings. The smallest absolute Gasteiger partial charge is 0.186 e. The molecule has 23 heavy (non-hydrogen) atoms. The minimum Gasteiger partial charge on any atom is -0.497 e. The van der Waals surface area contributed by atoms with Crippen molar-refractivity contribution in [3.63, 3.8) is 0 Å². The molecule has 0 radical (unpaired) electrons. The molecule has 0 saturated heterocycles. The number of nitrogens with two attached hydrogens (primary N) is 1. The first-order chi connectivity index (χ1) is 10.9. The lowest BCUT2D eigenvalue weighted by Gasteiger charge is -2.19. The monoisotopic (exact) mass is 339 g/mol. The van der Waals surface area contributed by atoms with Gasteiger partial charge in [0.2, 0.25) is 0 Å². The molecule has 7 heteroatoms. The molecule has 0 aliphatic rings. The van der Waals surface area contributed by atoms with E-state index in [4.69, 9.17) is 15.2 Å². The van der Waals surface area contributed by atoms with Crippen LogP contribution in [0.5, 0.6) is 11.5 Å². The molecule has 1 atom stereocenters. The van der Waals surface area contributed by atoms with Crippen LogP contribution in [-0.2, 0) is 9.84 Å². The second kappa shape index (κ2) is 6.97. The zero-order valence-corrected chi connectivity index (χ0v) is 13.6. The van der Waals surface area contributed by atoms with Crippen molar-refractivity contribution in [1.29, 1.82) is 0 Å². The van der Waals surface area contributed by atoms with Gasteiger partial charge in [-0.3, -0.25) is 0 Å². The van der Waals surface area contributed by atoms with Gasteiger partial charge in [-0.25, -0.2) is 12.8 Å². The molecule has 0 saturated carbocycles. The topological polar surface area (TPSA) is 78.6 Å². The quantitative estimate of drug-likeness (QED) is 0.817. The third-order valence-electron chi connectivity index (χ3n) is 3.51. The van der Waals surface area contributed by atoms with E-state index in [9.17, 15) is 12.8 Å². The SMILES string of the molecule is COc1ccc(OC)c([C@H](CN)S(=O)(=O)c2ccc(F)cc2)c1. The molecular weight excluding hydrogens is 321 g/mol. The summed E-state index contributed by atoms with van der Waals surface area (Å²) in [6.07, 6.45) is 0. The zero-order chi connectivity index (χ0) is 17.0. The van der Waals surface area contributed by atoms with Crippen molar-refractivity contribution in [3.05, 3.63) is 53.8 Å². The highest BCUT2D eigenvalue weighted by Crippen LogP contribution is 2.36. The molecule has 2 rings (SSSR count). The van der Waals surface area contributed by atoms with Crippen LogP contribution in [0.1, 0.15) is 10.8 Å². The maximum atomic E-state index is 13.0. The van der Waals surface area contributed by atoms with Crippen LogP contribution in [0.15, 0.2) is 47.4 Å². The van der Waals surface area contributed by atoms with E-state index in [1.165, 1.54) is 26.4 Å². The highest BCUT2D eigenvalue weighted by atomic mass is 32.2. The van der Waals surface area contributed by atoms with Crippen molar-refractivity contribution < 1.29 is 22.3 Å². The van der Waals surface area contributed by atoms with Gasteiger partial charge >= 0.3 is 0 Å². The van der Waals surface area contributed by atoms with Crippen molar-refractivity contribution in [2.75, 3.05) is 20.8 Å². The Labute approximate surface area is 134 Å². The fourth-order valence-electron chi connectivity index (χ4n) is 2.30. The van der Waals surface area contributed by atoms with Crippen molar-refractivity contribution in [1.82, 2.24) is 0 Å². The summed E-state index contributed by atoms with van der Waals surface area (Å²) in [7, 11) is -0.874. The number of sulfone groups is 1. The molecule has 0 aromatic heterocycles. The maximum Gasteiger partial charge on any atom is 0.186 e. The lowest BCUT2D eigenvalue weighted by Crippen LogP contribution is -2.23. The van der Waals surface area contributed by atoms with Crippen LogP contribution in [0, 0.1) is 5.82 Å². The van der Waals surface area contributed by atoms with Gasteiger partial charge in [0.25, 0.3) is 0 Å². The third kappa shape index (κ3) is 3.46. The normalized spacial score (nSPS) is 12.7. The van der Waals surface area contributed by atoms with Gasteiger partial charge in [0.15, 0.2) is 9.84 Å². The van der Waals surface area contributed by atoms with Crippen LogP contribution in [0.25, 0.3) is 0 Å². The fraction of sp³-hybridized carbons (Fsp3) is 0.250. The standard InChI is InChI=1S/C16H18FNO4S/c1-21-12-5-8-15(22-2)14(9-12)16(10-18)23(19,20)13-6-3-11(17)4-7-13/h3-9,16H,10,18H2,1-2H3/t16-/m0/s1. The number of benzene rings is 2. The molecule has 2 aromatic carbocycles. The average molecular weight is 339 g/mol. The summed E-state index contributed by atoms with van der Waals surface area (Å²) in [5, 5.41) is -1.03. The summed E-state index contributed by atoms with van der Waals surface area (Å²) in [6, 6.07) is 9.52. The van der Waals surface area contributed by atoms with Crippen molar-refractivity contribution in [2.45, 2.75) is 10.1 Å². The van der Waals surface area contributed by atoms with E-state index in [-0.39, 0.29) is 11.4 Å². The highest BCUT2D eigenvalue weighted by Gasteiger charge is 2.30. The Hall–Kier alpha value is -2.12. The minimum absolute atomic E-state index is 0.000719. The van der Waals surface area contributed by atoms with Crippen LogP contribution < -0.4 is 15.2 Å². The third-order valence-corrected chi connectivity index (χ3v) is 5.64. The van der Waals surface area contributed by atoms with E-state index >= 15 is 0 Å². The van der Waals surface area contributed by atoms with E-state index in [2.05, 4.69) is 0 Å². The number of methoxy groups -OCH3 is 2. The lowest BCUT2D eigenvalue weighted by molar-refractivity contribution is 0.398. The van der Waals surface area contributed by atoms with Crippen molar-refractivity contribution >= 4 is 9.84 Å². The molecule has 0 aliphatic carbocycles. The number of hydrogen-bond acceptors (Lipinski definition) is 5. The van der Waals surface area contributed by atoms with Gasteiger partial charge in [0, 0.05) is 12.1 Å². The Morgan fingerprint density at radius 3 is 2.26 bits per heavy atom. The molecule has 0 spiro atoms. The lowest BCUT2D eigenvalue weighted by atomic mass is 10.1. The van der Waals surface area contributed by atoms with Gasteiger partial charge in [-0.05, 0) is 42.5 Å². The Balaban J connectivity index is 2.56. The molecule has 5 nitrogen and oxygen atoms in total. The van der Waals surface area contributed by atoms with Crippen molar-refractivity contribution in [2.24, 2.45) is 5.73 Å². The van der Waals surface area contributed by atoms with Crippen molar-refractivity contribution in [3.8, 4) is 11.5 Å². The van der Waals surface area contributed by atoms with E-state index in [0.29, 0.717) is 17.1 Å². The molecule has 2 aromatic rings. The Bertz CT molecular complexity index is 775. The van der Waals surface area contributed by atoms with E-state index in [1.54, 1.807) is 18.2 Å². The van der Waals surface area contributed by atoms with E-state index in [1.807, 2.05) is 0 Å². The zero-order valence-electron chi connectivity index (χ0n) is 12.8. The van der Waals surface area contributed by atoms with Crippen LogP contribution >= 0.6 is 0 Å². The predicted molar refractivity (Wildman–Crippen MR) is 84.9 cm³/mol. The van der Waals surface area contributed by atoms with E-state index in [0.717, 1.165) is 12.1 Å². The van der Waals surface area contributed by atoms with E-state index < -0.39 is 20.9 Å². The summed E-state index contributed by atoms with van der Waals surface area (Å²) in [5.74, 6) is 0.382. The molecule has 0 unspecified atom stereocenters. The highest BCUT2D eigenvalue weighted by molar-refractivity contribution is 7.91. The van der Waals surface area contributed by atoms with Gasteiger partial charge in [0.1, 0.15) is 22.6 Å². The number of rotatable bonds is 6. The Morgan fingerprint density at radius 1 is 1.09 bits per heavy atom. The predicted octanol–water partition coefficient (Wildman–Crippen LogP) is 2.32. The van der Waals surface area contributed by atoms with Crippen LogP contribution in [0.3, 0.4) is 0 Å². The van der Waals surface area contributed by atoms with Crippen LogP contribution in [0.4, 0.5) is 4.39 Å². The molecule has 2 N–H and O–H groups in total. The second-order valence-electron chi connectivity index (χ2n) is 4.83. The molecule has 124 valence electrons. The van der Waals surface area contributed by atoms with Gasteiger partial charge in [-0.1, -0.05) is 0 Å². The first kappa shape index (κ1) is 17.2. The number of hydrogen-bond donors (Lipinski definition) is 1. The minimum atomic E-state index is -3.81. The van der Waals surface area contributed by atoms with Crippen LogP contribution in [-0.4, -0.2) is 29.2 Å². The molecular formula is C16H18FNO4S. The molecule has 0 amide bonds. The summed E-state index contributed by atoms with van der Waals surface area (Å²) in [5.41, 5.74) is 6.13. The molecule has 0 bridgehead atoms. The second-order valence-corrected chi connectivity index (χ2v) is 6.96. The first-order valence-electron chi connectivity index (χ1n) is 6.85. The van der Waals surface area contributed by atoms with Gasteiger partial charge in [0.05, 0.1) is 19.1 Å². The Kier molecular flexibility index (Phi) is 5.23. The van der Waals surface area contributed by atoms with Crippen LogP contribution in [0.2, 0.25) is 0 Å². The Morgan fingerprint density at radius 2 is 1.74 bits per heavy atom. The average Bonchev–Trinajstić information content (AvgIpc) is 2.55. The van der Waals surface area contributed by atoms with Gasteiger partial charge in [-0.15, -0.1) is 0 Å². The molecule has 0 aliphatic heterocycles.